The number of hydrogen-bond donors (Lipinski definition) is 0. The summed E-state index contributed by atoms with van der Waals surface area (Å²) in [5.41, 5.74) is 1.17. The van der Waals surface area contributed by atoms with Gasteiger partial charge in [0.15, 0.2) is 0 Å². The summed E-state index contributed by atoms with van der Waals surface area (Å²) in [6, 6.07) is 0. The third-order valence-electron chi connectivity index (χ3n) is 0.906. The molecule has 0 aliphatic carbocycles. The van der Waals surface area contributed by atoms with Gasteiger partial charge in [0.1, 0.15) is 13.2 Å². The summed E-state index contributed by atoms with van der Waals surface area (Å²) in [6.07, 6.45) is 0. The first-order valence-corrected chi connectivity index (χ1v) is 4.90. The lowest BCUT2D eigenvalue weighted by Crippen LogP contribution is -2.37. The van der Waals surface area contributed by atoms with E-state index in [1.165, 1.54) is 5.57 Å². The quantitative estimate of drug-likeness (QED) is 0.306. The molecule has 0 heterocycles. The zero-order valence-corrected chi connectivity index (χ0v) is 10.2. The van der Waals surface area contributed by atoms with Crippen LogP contribution in [0.2, 0.25) is 0 Å². The van der Waals surface area contributed by atoms with Crippen molar-refractivity contribution in [2.75, 3.05) is 34.3 Å². The minimum atomic E-state index is -0.217. The second kappa shape index (κ2) is 8.36. The molecule has 0 aliphatic rings. The van der Waals surface area contributed by atoms with Crippen LogP contribution < -0.4 is 0 Å². The van der Waals surface area contributed by atoms with E-state index >= 15 is 0 Å². The summed E-state index contributed by atoms with van der Waals surface area (Å²) >= 11 is 0. The molecule has 0 aromatic rings. The van der Waals surface area contributed by atoms with Crippen molar-refractivity contribution in [3.63, 3.8) is 0 Å². The Bertz CT molecular complexity index is 148. The number of nitrogens with zero attached hydrogens (tertiary/aromatic N) is 1. The van der Waals surface area contributed by atoms with Gasteiger partial charge in [-0.1, -0.05) is 5.57 Å². The van der Waals surface area contributed by atoms with Gasteiger partial charge in [-0.15, -0.1) is 6.58 Å². The summed E-state index contributed by atoms with van der Waals surface area (Å²) in [4.78, 5) is 0. The minimum Gasteiger partial charge on any atom is -0.329 e. The molecule has 0 atom stereocenters. The first-order valence-electron chi connectivity index (χ1n) is 4.17. The highest BCUT2D eigenvalue weighted by atomic mass is 31.1. The zero-order chi connectivity index (χ0) is 10.9. The number of rotatable bonds is 4. The third kappa shape index (κ3) is 33.8. The molecule has 0 amide bonds. The standard InChI is InChI=1S/C5H13NO2P.C4H8/c1-6(2,3)4-5-8-9-7;1-4(2)3/h4-5H2,1-3H3;1H2,2-3H3/q+1;. The van der Waals surface area contributed by atoms with E-state index in [9.17, 15) is 4.57 Å². The van der Waals surface area contributed by atoms with Crippen LogP contribution in [-0.2, 0) is 9.09 Å². The van der Waals surface area contributed by atoms with Crippen molar-refractivity contribution in [2.24, 2.45) is 0 Å². The molecule has 0 aromatic carbocycles. The lowest BCUT2D eigenvalue weighted by molar-refractivity contribution is -0.870. The summed E-state index contributed by atoms with van der Waals surface area (Å²) in [5.74, 6) is 0. The molecule has 0 saturated carbocycles. The monoisotopic (exact) mass is 206 g/mol. The van der Waals surface area contributed by atoms with E-state index < -0.39 is 0 Å². The van der Waals surface area contributed by atoms with Gasteiger partial charge in [0.2, 0.25) is 0 Å². The molecule has 0 aliphatic heterocycles. The predicted molar refractivity (Wildman–Crippen MR) is 56.9 cm³/mol. The fraction of sp³-hybridized carbons (Fsp3) is 0.778. The third-order valence-corrected chi connectivity index (χ3v) is 1.19. The Kier molecular flexibility index (Phi) is 9.80. The van der Waals surface area contributed by atoms with E-state index in [2.05, 4.69) is 32.2 Å². The molecule has 3 nitrogen and oxygen atoms in total. The Morgan fingerprint density at radius 1 is 1.38 bits per heavy atom. The van der Waals surface area contributed by atoms with Gasteiger partial charge in [0.25, 0.3) is 0 Å². The molecular weight excluding hydrogens is 185 g/mol. The van der Waals surface area contributed by atoms with Gasteiger partial charge in [0, 0.05) is 0 Å². The second-order valence-electron chi connectivity index (χ2n) is 4.13. The fourth-order valence-electron chi connectivity index (χ4n) is 0.352. The van der Waals surface area contributed by atoms with E-state index in [1.807, 2.05) is 13.8 Å². The van der Waals surface area contributed by atoms with Crippen molar-refractivity contribution >= 4 is 8.69 Å². The van der Waals surface area contributed by atoms with Crippen molar-refractivity contribution < 1.29 is 13.6 Å². The smallest absolute Gasteiger partial charge is 0.327 e. The maximum Gasteiger partial charge on any atom is 0.327 e. The molecule has 0 spiro atoms. The Hall–Kier alpha value is -0.240. The molecule has 0 saturated heterocycles. The van der Waals surface area contributed by atoms with Gasteiger partial charge in [-0.25, -0.2) is 4.57 Å². The van der Waals surface area contributed by atoms with Gasteiger partial charge in [-0.3, -0.25) is 4.52 Å². The van der Waals surface area contributed by atoms with E-state index in [4.69, 9.17) is 0 Å². The maximum absolute atomic E-state index is 9.76. The second-order valence-corrected chi connectivity index (χ2v) is 4.54. The molecule has 0 fully saturated rings. The first-order chi connectivity index (χ1) is 5.79. The summed E-state index contributed by atoms with van der Waals surface area (Å²) in [6.45, 7) is 8.93. The van der Waals surface area contributed by atoms with Crippen LogP contribution in [0.25, 0.3) is 0 Å². The molecule has 0 N–H and O–H groups in total. The Morgan fingerprint density at radius 3 is 2.00 bits per heavy atom. The van der Waals surface area contributed by atoms with E-state index in [0.717, 1.165) is 11.0 Å². The van der Waals surface area contributed by atoms with Gasteiger partial charge in [-0.2, -0.15) is 0 Å². The van der Waals surface area contributed by atoms with Crippen LogP contribution in [0.5, 0.6) is 0 Å². The molecule has 0 aromatic heterocycles. The zero-order valence-electron chi connectivity index (χ0n) is 9.33. The van der Waals surface area contributed by atoms with E-state index in [-0.39, 0.29) is 8.69 Å². The SMILES string of the molecule is C=C(C)C.C[N+](C)(C)CCOP=O. The molecule has 0 rings (SSSR count). The lowest BCUT2D eigenvalue weighted by Gasteiger charge is -2.22. The van der Waals surface area contributed by atoms with E-state index in [1.54, 1.807) is 0 Å². The number of hydrogen-bond acceptors (Lipinski definition) is 2. The fourth-order valence-corrected chi connectivity index (χ4v) is 0.508. The van der Waals surface area contributed by atoms with Crippen molar-refractivity contribution in [3.05, 3.63) is 12.2 Å². The molecule has 0 unspecified atom stereocenters. The van der Waals surface area contributed by atoms with Crippen molar-refractivity contribution in [1.82, 2.24) is 0 Å². The molecule has 0 bridgehead atoms. The molecule has 0 radical (unpaired) electrons. The topological polar surface area (TPSA) is 26.3 Å². The molecule has 4 heteroatoms. The van der Waals surface area contributed by atoms with Crippen LogP contribution in [0.1, 0.15) is 13.8 Å². The normalized spacial score (nSPS) is 10.5. The first kappa shape index (κ1) is 15.2. The van der Waals surface area contributed by atoms with Gasteiger partial charge in [0.05, 0.1) is 21.1 Å². The number of likely N-dealkylation sites (N-methyl/N-ethyl adjacent to an activating group) is 1. The predicted octanol–water partition coefficient (Wildman–Crippen LogP) is 2.50. The molecule has 13 heavy (non-hydrogen) atoms. The molecular formula is C9H21NO2P+. The highest BCUT2D eigenvalue weighted by molar-refractivity contribution is 7.17. The van der Waals surface area contributed by atoms with Crippen molar-refractivity contribution in [3.8, 4) is 0 Å². The Balaban J connectivity index is 0. The maximum atomic E-state index is 9.76. The van der Waals surface area contributed by atoms with Crippen molar-refractivity contribution in [1.29, 1.82) is 0 Å². The number of allylic oxidation sites excluding steroid dienone is 1. The summed E-state index contributed by atoms with van der Waals surface area (Å²) in [7, 11) is 5.96. The van der Waals surface area contributed by atoms with Crippen LogP contribution in [0.15, 0.2) is 12.2 Å². The number of quaternary nitrogens is 1. The lowest BCUT2D eigenvalue weighted by atomic mass is 10.4. The highest BCUT2D eigenvalue weighted by Gasteiger charge is 2.04. The summed E-state index contributed by atoms with van der Waals surface area (Å²) in [5, 5.41) is 0. The van der Waals surface area contributed by atoms with Crippen molar-refractivity contribution in [2.45, 2.75) is 13.8 Å². The largest absolute Gasteiger partial charge is 0.329 e. The Labute approximate surface area is 83.3 Å². The minimum absolute atomic E-state index is 0.217. The van der Waals surface area contributed by atoms with Crippen LogP contribution in [0.4, 0.5) is 0 Å². The summed E-state index contributed by atoms with van der Waals surface area (Å²) < 4.78 is 15.2. The van der Waals surface area contributed by atoms with Crippen LogP contribution >= 0.6 is 8.69 Å². The average molecular weight is 206 g/mol. The van der Waals surface area contributed by atoms with E-state index in [0.29, 0.717) is 6.61 Å². The van der Waals surface area contributed by atoms with Crippen LogP contribution in [0.3, 0.4) is 0 Å². The molecule has 78 valence electrons. The van der Waals surface area contributed by atoms with Crippen LogP contribution in [-0.4, -0.2) is 38.8 Å². The Morgan fingerprint density at radius 2 is 1.77 bits per heavy atom. The van der Waals surface area contributed by atoms with Gasteiger partial charge in [-0.05, 0) is 13.8 Å². The highest BCUT2D eigenvalue weighted by Crippen LogP contribution is 1.96. The van der Waals surface area contributed by atoms with Gasteiger partial charge < -0.3 is 4.48 Å². The van der Waals surface area contributed by atoms with Crippen LogP contribution in [0, 0.1) is 0 Å². The van der Waals surface area contributed by atoms with Gasteiger partial charge >= 0.3 is 8.69 Å². The average Bonchev–Trinajstić information content (AvgIpc) is 1.83.